The second-order valence-corrected chi connectivity index (χ2v) is 5.75. The number of nitrogens with zero attached hydrogens (tertiary/aromatic N) is 1. The topological polar surface area (TPSA) is 63.4 Å². The fourth-order valence-electron chi connectivity index (χ4n) is 3.56. The molecule has 4 heteroatoms. The first-order chi connectivity index (χ1) is 9.72. The van der Waals surface area contributed by atoms with Crippen molar-refractivity contribution in [3.8, 4) is 0 Å². The van der Waals surface area contributed by atoms with E-state index in [1.807, 2.05) is 18.2 Å². The summed E-state index contributed by atoms with van der Waals surface area (Å²) in [7, 11) is 0. The van der Waals surface area contributed by atoms with Gasteiger partial charge in [-0.05, 0) is 30.4 Å². The molecule has 106 valence electrons. The van der Waals surface area contributed by atoms with Crippen LogP contribution in [0, 0.1) is 5.92 Å². The van der Waals surface area contributed by atoms with Crippen molar-refractivity contribution in [2.45, 2.75) is 38.1 Å². The highest BCUT2D eigenvalue weighted by Gasteiger charge is 2.39. The van der Waals surface area contributed by atoms with E-state index in [2.05, 4.69) is 0 Å². The first-order valence-electron chi connectivity index (χ1n) is 7.36. The summed E-state index contributed by atoms with van der Waals surface area (Å²) in [6.45, 7) is 0.365. The van der Waals surface area contributed by atoms with Gasteiger partial charge >= 0.3 is 0 Å². The number of rotatable bonds is 3. The maximum atomic E-state index is 12.6. The van der Waals surface area contributed by atoms with Gasteiger partial charge in [-0.15, -0.1) is 0 Å². The minimum atomic E-state index is -0.167. The number of imide groups is 1. The Morgan fingerprint density at radius 3 is 2.60 bits per heavy atom. The molecule has 0 spiro atoms. The van der Waals surface area contributed by atoms with Gasteiger partial charge in [0.1, 0.15) is 0 Å². The smallest absolute Gasteiger partial charge is 0.261 e. The summed E-state index contributed by atoms with van der Waals surface area (Å²) in [5, 5.41) is 0. The van der Waals surface area contributed by atoms with Crippen LogP contribution < -0.4 is 5.73 Å². The zero-order valence-electron chi connectivity index (χ0n) is 11.5. The Bertz CT molecular complexity index is 535. The van der Waals surface area contributed by atoms with Crippen LogP contribution in [0.3, 0.4) is 0 Å². The second-order valence-electron chi connectivity index (χ2n) is 5.75. The Morgan fingerprint density at radius 1 is 1.20 bits per heavy atom. The van der Waals surface area contributed by atoms with E-state index in [4.69, 9.17) is 5.73 Å². The van der Waals surface area contributed by atoms with Crippen molar-refractivity contribution in [3.63, 3.8) is 0 Å². The number of hydrogen-bond acceptors (Lipinski definition) is 3. The standard InChI is InChI=1S/C16H20N2O2/c17-10-14(11-5-1-2-6-11)18-15(19)9-12-7-3-4-8-13(12)16(18)20/h3-4,7-8,11,14H,1-2,5-6,9-10,17H2. The Morgan fingerprint density at radius 2 is 1.90 bits per heavy atom. The summed E-state index contributed by atoms with van der Waals surface area (Å²) < 4.78 is 0. The molecule has 1 unspecified atom stereocenters. The molecule has 20 heavy (non-hydrogen) atoms. The van der Waals surface area contributed by atoms with E-state index in [-0.39, 0.29) is 17.9 Å². The van der Waals surface area contributed by atoms with Crippen molar-refractivity contribution in [1.29, 1.82) is 0 Å². The lowest BCUT2D eigenvalue weighted by molar-refractivity contribution is -0.131. The van der Waals surface area contributed by atoms with Gasteiger partial charge in [0.15, 0.2) is 0 Å². The van der Waals surface area contributed by atoms with Crippen LogP contribution in [0.25, 0.3) is 0 Å². The van der Waals surface area contributed by atoms with Crippen LogP contribution in [0.15, 0.2) is 24.3 Å². The summed E-state index contributed by atoms with van der Waals surface area (Å²) in [6.07, 6.45) is 4.80. The van der Waals surface area contributed by atoms with Gasteiger partial charge in [0.25, 0.3) is 5.91 Å². The first kappa shape index (κ1) is 13.3. The number of fused-ring (bicyclic) bond motifs is 1. The molecule has 0 saturated heterocycles. The molecular formula is C16H20N2O2. The highest BCUT2D eigenvalue weighted by atomic mass is 16.2. The van der Waals surface area contributed by atoms with E-state index in [9.17, 15) is 9.59 Å². The molecule has 2 amide bonds. The van der Waals surface area contributed by atoms with Gasteiger partial charge in [-0.3, -0.25) is 14.5 Å². The molecule has 1 aromatic carbocycles. The average molecular weight is 272 g/mol. The molecule has 1 aliphatic heterocycles. The first-order valence-corrected chi connectivity index (χ1v) is 7.36. The molecule has 1 fully saturated rings. The fourth-order valence-corrected chi connectivity index (χ4v) is 3.56. The van der Waals surface area contributed by atoms with Crippen molar-refractivity contribution >= 4 is 11.8 Å². The minimum absolute atomic E-state index is 0.101. The third-order valence-corrected chi connectivity index (χ3v) is 4.59. The molecular weight excluding hydrogens is 252 g/mol. The number of carbonyl (C=O) groups excluding carboxylic acids is 2. The van der Waals surface area contributed by atoms with Crippen molar-refractivity contribution in [2.75, 3.05) is 6.54 Å². The third kappa shape index (κ3) is 2.14. The molecule has 3 rings (SSSR count). The van der Waals surface area contributed by atoms with E-state index < -0.39 is 0 Å². The van der Waals surface area contributed by atoms with Crippen molar-refractivity contribution in [1.82, 2.24) is 4.90 Å². The molecule has 1 heterocycles. The van der Waals surface area contributed by atoms with Gasteiger partial charge in [0.05, 0.1) is 12.5 Å². The molecule has 1 aromatic rings. The van der Waals surface area contributed by atoms with Crippen LogP contribution in [0.1, 0.15) is 41.6 Å². The third-order valence-electron chi connectivity index (χ3n) is 4.59. The quantitative estimate of drug-likeness (QED) is 0.852. The number of nitrogens with two attached hydrogens (primary N) is 1. The van der Waals surface area contributed by atoms with Gasteiger partial charge in [-0.25, -0.2) is 0 Å². The van der Waals surface area contributed by atoms with Crippen LogP contribution in [0.2, 0.25) is 0 Å². The Labute approximate surface area is 118 Å². The summed E-state index contributed by atoms with van der Waals surface area (Å²) in [5.74, 6) is 0.105. The number of amides is 2. The molecule has 0 radical (unpaired) electrons. The molecule has 4 nitrogen and oxygen atoms in total. The average Bonchev–Trinajstić information content (AvgIpc) is 2.97. The van der Waals surface area contributed by atoms with Crippen LogP contribution in [0.4, 0.5) is 0 Å². The SMILES string of the molecule is NCC(C1CCCC1)N1C(=O)Cc2ccccc2C1=O. The predicted octanol–water partition coefficient (Wildman–Crippen LogP) is 1.73. The lowest BCUT2D eigenvalue weighted by atomic mass is 9.91. The maximum Gasteiger partial charge on any atom is 0.261 e. The van der Waals surface area contributed by atoms with Crippen molar-refractivity contribution < 1.29 is 9.59 Å². The van der Waals surface area contributed by atoms with E-state index in [1.165, 1.54) is 17.7 Å². The number of carbonyl (C=O) groups is 2. The number of hydrogen-bond donors (Lipinski definition) is 1. The summed E-state index contributed by atoms with van der Waals surface area (Å²) in [5.41, 5.74) is 7.37. The van der Waals surface area contributed by atoms with Crippen molar-refractivity contribution in [2.24, 2.45) is 11.7 Å². The van der Waals surface area contributed by atoms with Crippen molar-refractivity contribution in [3.05, 3.63) is 35.4 Å². The van der Waals surface area contributed by atoms with Gasteiger partial charge in [-0.2, -0.15) is 0 Å². The van der Waals surface area contributed by atoms with E-state index in [0.717, 1.165) is 18.4 Å². The summed E-state index contributed by atoms with van der Waals surface area (Å²) in [6, 6.07) is 7.24. The van der Waals surface area contributed by atoms with Crippen LogP contribution >= 0.6 is 0 Å². The number of benzene rings is 1. The molecule has 2 aliphatic rings. The Hall–Kier alpha value is -1.68. The van der Waals surface area contributed by atoms with Crippen LogP contribution in [-0.4, -0.2) is 29.3 Å². The molecule has 1 atom stereocenters. The zero-order chi connectivity index (χ0) is 14.1. The molecule has 0 aromatic heterocycles. The van der Waals surface area contributed by atoms with E-state index in [1.54, 1.807) is 6.07 Å². The highest BCUT2D eigenvalue weighted by molar-refractivity contribution is 6.10. The fraction of sp³-hybridized carbons (Fsp3) is 0.500. The lowest BCUT2D eigenvalue weighted by Crippen LogP contribution is -2.53. The largest absolute Gasteiger partial charge is 0.328 e. The van der Waals surface area contributed by atoms with Crippen LogP contribution in [0.5, 0.6) is 0 Å². The van der Waals surface area contributed by atoms with Gasteiger partial charge < -0.3 is 5.73 Å². The van der Waals surface area contributed by atoms with E-state index in [0.29, 0.717) is 24.4 Å². The second kappa shape index (κ2) is 5.37. The van der Waals surface area contributed by atoms with Gasteiger partial charge in [-0.1, -0.05) is 31.0 Å². The monoisotopic (exact) mass is 272 g/mol. The van der Waals surface area contributed by atoms with Crippen LogP contribution in [-0.2, 0) is 11.2 Å². The maximum absolute atomic E-state index is 12.6. The zero-order valence-corrected chi connectivity index (χ0v) is 11.5. The van der Waals surface area contributed by atoms with E-state index >= 15 is 0 Å². The molecule has 1 saturated carbocycles. The molecule has 0 bridgehead atoms. The predicted molar refractivity (Wildman–Crippen MR) is 76.1 cm³/mol. The minimum Gasteiger partial charge on any atom is -0.328 e. The normalized spacial score (nSPS) is 21.1. The van der Waals surface area contributed by atoms with Gasteiger partial charge in [0.2, 0.25) is 5.91 Å². The summed E-state index contributed by atoms with van der Waals surface area (Å²) >= 11 is 0. The molecule has 2 N–H and O–H groups in total. The molecule has 1 aliphatic carbocycles. The Balaban J connectivity index is 1.93. The summed E-state index contributed by atoms with van der Waals surface area (Å²) in [4.78, 5) is 26.5. The Kier molecular flexibility index (Phi) is 3.57. The lowest BCUT2D eigenvalue weighted by Gasteiger charge is -2.36. The van der Waals surface area contributed by atoms with Gasteiger partial charge in [0, 0.05) is 12.1 Å². The highest BCUT2D eigenvalue weighted by Crippen LogP contribution is 2.32.